The van der Waals surface area contributed by atoms with Crippen molar-refractivity contribution in [2.24, 2.45) is 0 Å². The zero-order valence-corrected chi connectivity index (χ0v) is 16.7. The first kappa shape index (κ1) is 19.7. The summed E-state index contributed by atoms with van der Waals surface area (Å²) in [5.74, 6) is 1.32. The molecule has 0 aromatic heterocycles. The standard InChI is InChI=1S/C23H26N2O3/c1-16(25(2)15-19-10-7-11-21(27-3)22(19)28-4)23(26)24-20-13-12-17-8-5-6-9-18(17)14-20/h5-14,16H,15H2,1-4H3,(H,24,26)/t16-/m0/s1. The summed E-state index contributed by atoms with van der Waals surface area (Å²) in [5, 5.41) is 5.26. The molecule has 0 fully saturated rings. The molecule has 3 rings (SSSR count). The van der Waals surface area contributed by atoms with Gasteiger partial charge in [-0.2, -0.15) is 0 Å². The highest BCUT2D eigenvalue weighted by molar-refractivity contribution is 5.97. The number of anilines is 1. The van der Waals surface area contributed by atoms with Crippen LogP contribution in [0.1, 0.15) is 12.5 Å². The maximum absolute atomic E-state index is 12.7. The van der Waals surface area contributed by atoms with Gasteiger partial charge in [0.1, 0.15) is 0 Å². The van der Waals surface area contributed by atoms with E-state index in [-0.39, 0.29) is 11.9 Å². The third-order valence-electron chi connectivity index (χ3n) is 4.96. The van der Waals surface area contributed by atoms with Gasteiger partial charge in [0, 0.05) is 17.8 Å². The van der Waals surface area contributed by atoms with Gasteiger partial charge in [0.05, 0.1) is 20.3 Å². The van der Waals surface area contributed by atoms with Crippen molar-refractivity contribution in [3.63, 3.8) is 0 Å². The molecule has 0 heterocycles. The molecular formula is C23H26N2O3. The number of nitrogens with zero attached hydrogens (tertiary/aromatic N) is 1. The van der Waals surface area contributed by atoms with E-state index < -0.39 is 0 Å². The van der Waals surface area contributed by atoms with Gasteiger partial charge >= 0.3 is 0 Å². The number of rotatable bonds is 7. The smallest absolute Gasteiger partial charge is 0.241 e. The molecule has 0 aliphatic heterocycles. The molecule has 0 spiro atoms. The fourth-order valence-electron chi connectivity index (χ4n) is 3.20. The summed E-state index contributed by atoms with van der Waals surface area (Å²) in [6.45, 7) is 2.45. The maximum Gasteiger partial charge on any atom is 0.241 e. The Morgan fingerprint density at radius 2 is 1.75 bits per heavy atom. The average Bonchev–Trinajstić information content (AvgIpc) is 2.72. The van der Waals surface area contributed by atoms with E-state index in [1.165, 1.54) is 0 Å². The summed E-state index contributed by atoms with van der Waals surface area (Å²) in [6, 6.07) is 19.5. The van der Waals surface area contributed by atoms with Crippen LogP contribution < -0.4 is 14.8 Å². The molecule has 0 saturated carbocycles. The zero-order chi connectivity index (χ0) is 20.1. The molecule has 0 aliphatic rings. The quantitative estimate of drug-likeness (QED) is 0.665. The summed E-state index contributed by atoms with van der Waals surface area (Å²) < 4.78 is 10.9. The summed E-state index contributed by atoms with van der Waals surface area (Å²) in [6.07, 6.45) is 0. The molecule has 0 radical (unpaired) electrons. The highest BCUT2D eigenvalue weighted by Gasteiger charge is 2.20. The first-order valence-corrected chi connectivity index (χ1v) is 9.23. The van der Waals surface area contributed by atoms with Crippen molar-refractivity contribution in [1.82, 2.24) is 4.90 Å². The normalized spacial score (nSPS) is 12.0. The van der Waals surface area contributed by atoms with E-state index in [0.29, 0.717) is 18.0 Å². The molecule has 1 amide bonds. The summed E-state index contributed by atoms with van der Waals surface area (Å²) >= 11 is 0. The second-order valence-electron chi connectivity index (χ2n) is 6.79. The number of likely N-dealkylation sites (N-methyl/N-ethyl adjacent to an activating group) is 1. The van der Waals surface area contributed by atoms with Gasteiger partial charge in [-0.05, 0) is 42.9 Å². The van der Waals surface area contributed by atoms with Crippen LogP contribution in [0.25, 0.3) is 10.8 Å². The predicted molar refractivity (Wildman–Crippen MR) is 113 cm³/mol. The van der Waals surface area contributed by atoms with Gasteiger partial charge in [0.2, 0.25) is 5.91 Å². The number of methoxy groups -OCH3 is 2. The molecule has 3 aromatic carbocycles. The van der Waals surface area contributed by atoms with Crippen molar-refractivity contribution in [2.75, 3.05) is 26.6 Å². The Balaban J connectivity index is 1.70. The summed E-state index contributed by atoms with van der Waals surface area (Å²) in [4.78, 5) is 14.7. The van der Waals surface area contributed by atoms with Gasteiger partial charge in [0.25, 0.3) is 0 Å². The first-order chi connectivity index (χ1) is 13.5. The molecule has 0 saturated heterocycles. The van der Waals surface area contributed by atoms with Crippen molar-refractivity contribution < 1.29 is 14.3 Å². The third kappa shape index (κ3) is 4.26. The molecule has 0 bridgehead atoms. The van der Waals surface area contributed by atoms with Crippen LogP contribution in [0.15, 0.2) is 60.7 Å². The lowest BCUT2D eigenvalue weighted by Gasteiger charge is -2.25. The number of amides is 1. The van der Waals surface area contributed by atoms with E-state index in [9.17, 15) is 4.79 Å². The van der Waals surface area contributed by atoms with Crippen LogP contribution in [-0.2, 0) is 11.3 Å². The minimum absolute atomic E-state index is 0.0559. The number of para-hydroxylation sites is 1. The third-order valence-corrected chi connectivity index (χ3v) is 4.96. The van der Waals surface area contributed by atoms with Crippen molar-refractivity contribution in [1.29, 1.82) is 0 Å². The Morgan fingerprint density at radius 3 is 2.46 bits per heavy atom. The second kappa shape index (κ2) is 8.76. The number of ether oxygens (including phenoxy) is 2. The lowest BCUT2D eigenvalue weighted by Crippen LogP contribution is -2.39. The molecular weight excluding hydrogens is 352 g/mol. The molecule has 3 aromatic rings. The molecule has 0 aliphatic carbocycles. The Morgan fingerprint density at radius 1 is 1.00 bits per heavy atom. The fourth-order valence-corrected chi connectivity index (χ4v) is 3.20. The number of nitrogens with one attached hydrogen (secondary N) is 1. The molecule has 5 heteroatoms. The van der Waals surface area contributed by atoms with Crippen LogP contribution in [0.4, 0.5) is 5.69 Å². The van der Waals surface area contributed by atoms with E-state index in [1.54, 1.807) is 14.2 Å². The van der Waals surface area contributed by atoms with Crippen molar-refractivity contribution in [3.05, 3.63) is 66.2 Å². The van der Waals surface area contributed by atoms with Crippen LogP contribution in [-0.4, -0.2) is 38.1 Å². The Hall–Kier alpha value is -3.05. The number of carbonyl (C=O) groups excluding carboxylic acids is 1. The van der Waals surface area contributed by atoms with Gasteiger partial charge in [-0.15, -0.1) is 0 Å². The van der Waals surface area contributed by atoms with E-state index in [1.807, 2.05) is 73.5 Å². The number of carbonyl (C=O) groups is 1. The number of hydrogen-bond donors (Lipinski definition) is 1. The molecule has 0 unspecified atom stereocenters. The minimum Gasteiger partial charge on any atom is -0.493 e. The topological polar surface area (TPSA) is 50.8 Å². The number of fused-ring (bicyclic) bond motifs is 1. The highest BCUT2D eigenvalue weighted by Crippen LogP contribution is 2.31. The van der Waals surface area contributed by atoms with E-state index in [2.05, 4.69) is 11.4 Å². The molecule has 5 nitrogen and oxygen atoms in total. The zero-order valence-electron chi connectivity index (χ0n) is 16.7. The monoisotopic (exact) mass is 378 g/mol. The van der Waals surface area contributed by atoms with E-state index in [0.717, 1.165) is 22.0 Å². The lowest BCUT2D eigenvalue weighted by molar-refractivity contribution is -0.120. The number of benzene rings is 3. The largest absolute Gasteiger partial charge is 0.493 e. The second-order valence-corrected chi connectivity index (χ2v) is 6.79. The molecule has 146 valence electrons. The Labute approximate surface area is 165 Å². The van der Waals surface area contributed by atoms with Crippen LogP contribution in [0.2, 0.25) is 0 Å². The Kier molecular flexibility index (Phi) is 6.16. The maximum atomic E-state index is 12.7. The van der Waals surface area contributed by atoms with Crippen molar-refractivity contribution >= 4 is 22.4 Å². The van der Waals surface area contributed by atoms with Crippen LogP contribution in [0.5, 0.6) is 11.5 Å². The molecule has 28 heavy (non-hydrogen) atoms. The van der Waals surface area contributed by atoms with Crippen molar-refractivity contribution in [2.45, 2.75) is 19.5 Å². The highest BCUT2D eigenvalue weighted by atomic mass is 16.5. The Bertz CT molecular complexity index is 971. The summed E-state index contributed by atoms with van der Waals surface area (Å²) in [7, 11) is 5.16. The number of hydrogen-bond acceptors (Lipinski definition) is 4. The van der Waals surface area contributed by atoms with Crippen LogP contribution in [0, 0.1) is 0 Å². The van der Waals surface area contributed by atoms with Gasteiger partial charge in [-0.25, -0.2) is 0 Å². The van der Waals surface area contributed by atoms with Crippen molar-refractivity contribution in [3.8, 4) is 11.5 Å². The fraction of sp³-hybridized carbons (Fsp3) is 0.261. The SMILES string of the molecule is COc1cccc(CN(C)[C@@H](C)C(=O)Nc2ccc3ccccc3c2)c1OC. The lowest BCUT2D eigenvalue weighted by atomic mass is 10.1. The van der Waals surface area contributed by atoms with Crippen LogP contribution in [0.3, 0.4) is 0 Å². The van der Waals surface area contributed by atoms with Gasteiger partial charge < -0.3 is 14.8 Å². The van der Waals surface area contributed by atoms with E-state index >= 15 is 0 Å². The molecule has 1 N–H and O–H groups in total. The first-order valence-electron chi connectivity index (χ1n) is 9.23. The van der Waals surface area contributed by atoms with Gasteiger partial charge in [-0.3, -0.25) is 9.69 Å². The van der Waals surface area contributed by atoms with Gasteiger partial charge in [0.15, 0.2) is 11.5 Å². The molecule has 1 atom stereocenters. The van der Waals surface area contributed by atoms with E-state index in [4.69, 9.17) is 9.47 Å². The average molecular weight is 378 g/mol. The van der Waals surface area contributed by atoms with Gasteiger partial charge in [-0.1, -0.05) is 42.5 Å². The summed E-state index contributed by atoms with van der Waals surface area (Å²) in [5.41, 5.74) is 1.76. The van der Waals surface area contributed by atoms with Crippen LogP contribution >= 0.6 is 0 Å². The predicted octanol–water partition coefficient (Wildman–Crippen LogP) is 4.32. The minimum atomic E-state index is -0.317.